The maximum absolute atomic E-state index is 15.3. The number of nitrogens with one attached hydrogen (secondary N) is 2. The van der Waals surface area contributed by atoms with E-state index in [4.69, 9.17) is 0 Å². The summed E-state index contributed by atoms with van der Waals surface area (Å²) < 4.78 is 17.0. The molecule has 0 spiro atoms. The van der Waals surface area contributed by atoms with Gasteiger partial charge >= 0.3 is 6.03 Å². The van der Waals surface area contributed by atoms with Gasteiger partial charge in [0.1, 0.15) is 17.9 Å². The van der Waals surface area contributed by atoms with Crippen LogP contribution in [0.3, 0.4) is 0 Å². The molecule has 3 aliphatic rings. The SMILES string of the molecule is C/C=C(\C)C=O.CC.CC.CC1=CC=CC2C(=C1)Nc1c(cnn1C)CN2C(=O)c1ccc(CNC(=O)N2CCN(CCC(C)(C)C)CC2)c(F)c1. The first-order valence-corrected chi connectivity index (χ1v) is 18.6. The maximum Gasteiger partial charge on any atom is 0.317 e. The number of carbonyl (C=O) groups excluding carboxylic acids is 3. The van der Waals surface area contributed by atoms with Crippen molar-refractivity contribution in [2.75, 3.05) is 38.0 Å². The molecule has 1 aromatic heterocycles. The van der Waals surface area contributed by atoms with Crippen molar-refractivity contribution in [1.82, 2.24) is 29.8 Å². The van der Waals surface area contributed by atoms with Gasteiger partial charge in [0.2, 0.25) is 0 Å². The number of rotatable bonds is 6. The van der Waals surface area contributed by atoms with E-state index in [1.165, 1.54) is 6.07 Å². The molecule has 1 atom stereocenters. The quantitative estimate of drug-likeness (QED) is 0.233. The molecule has 3 heterocycles. The number of nitrogens with zero attached hydrogens (tertiary/aromatic N) is 5. The van der Waals surface area contributed by atoms with Gasteiger partial charge in [-0.1, -0.05) is 78.8 Å². The normalized spacial score (nSPS) is 17.0. The Kier molecular flexibility index (Phi) is 17.7. The molecule has 11 heteroatoms. The molecule has 286 valence electrons. The van der Waals surface area contributed by atoms with Gasteiger partial charge in [0.25, 0.3) is 5.91 Å². The molecular formula is C41H62FN7O3. The van der Waals surface area contributed by atoms with Gasteiger partial charge in [0.05, 0.1) is 18.8 Å². The lowest BCUT2D eigenvalue weighted by Gasteiger charge is -2.35. The topological polar surface area (TPSA) is 103 Å². The second-order valence-corrected chi connectivity index (χ2v) is 13.8. The number of aldehydes is 1. The van der Waals surface area contributed by atoms with Crippen LogP contribution in [0.25, 0.3) is 0 Å². The molecule has 1 fully saturated rings. The fourth-order valence-electron chi connectivity index (χ4n) is 5.56. The number of carbonyl (C=O) groups is 3. The summed E-state index contributed by atoms with van der Waals surface area (Å²) in [6.45, 7) is 24.7. The number of halogens is 1. The average molecular weight is 720 g/mol. The zero-order chi connectivity index (χ0) is 39.0. The first-order valence-electron chi connectivity index (χ1n) is 18.6. The minimum atomic E-state index is -0.521. The molecule has 2 N–H and O–H groups in total. The Morgan fingerprint density at radius 2 is 1.77 bits per heavy atom. The third-order valence-electron chi connectivity index (χ3n) is 8.78. The van der Waals surface area contributed by atoms with Crippen molar-refractivity contribution in [1.29, 1.82) is 0 Å². The van der Waals surface area contributed by atoms with Crippen LogP contribution in [0, 0.1) is 11.2 Å². The summed E-state index contributed by atoms with van der Waals surface area (Å²) in [5.41, 5.74) is 4.44. The molecule has 2 aliphatic heterocycles. The predicted molar refractivity (Wildman–Crippen MR) is 210 cm³/mol. The summed E-state index contributed by atoms with van der Waals surface area (Å²) in [6.07, 6.45) is 13.4. The van der Waals surface area contributed by atoms with Gasteiger partial charge in [-0.05, 0) is 68.5 Å². The van der Waals surface area contributed by atoms with E-state index in [0.29, 0.717) is 25.2 Å². The van der Waals surface area contributed by atoms with E-state index >= 15 is 4.39 Å². The highest BCUT2D eigenvalue weighted by atomic mass is 19.1. The third-order valence-corrected chi connectivity index (χ3v) is 8.78. The smallest absolute Gasteiger partial charge is 0.317 e. The van der Waals surface area contributed by atoms with Crippen LogP contribution in [-0.2, 0) is 24.9 Å². The highest BCUT2D eigenvalue weighted by Crippen LogP contribution is 2.31. The molecule has 52 heavy (non-hydrogen) atoms. The average Bonchev–Trinajstić information content (AvgIpc) is 3.28. The van der Waals surface area contributed by atoms with Gasteiger partial charge in [-0.15, -0.1) is 0 Å². The van der Waals surface area contributed by atoms with Crippen molar-refractivity contribution in [3.05, 3.63) is 94.1 Å². The van der Waals surface area contributed by atoms with E-state index in [9.17, 15) is 14.4 Å². The summed E-state index contributed by atoms with van der Waals surface area (Å²) in [5.74, 6) is 0.0218. The standard InChI is InChI=1S/C32H42FN7O2.C5H8O.2C2H6/c1-22-7-6-8-28-27(17-22)36-29-25(20-35-37(29)5)21-40(28)30(41)23-9-10-24(26(33)18-23)19-34-31(42)39-15-13-38(14-16-39)12-11-32(2,3)4;1-3-5(2)4-6;2*1-2/h6-10,17-18,20,28,36H,11-16,19,21H2,1-5H3,(H,34,42);3-4H,1-2H3;2*1-2H3/b;5-3+;;. The first kappa shape index (κ1) is 43.7. The van der Waals surface area contributed by atoms with Crippen molar-refractivity contribution in [2.45, 2.75) is 94.8 Å². The minimum Gasteiger partial charge on any atom is -0.342 e. The van der Waals surface area contributed by atoms with E-state index in [0.717, 1.165) is 60.6 Å². The molecule has 1 unspecified atom stereocenters. The Morgan fingerprint density at radius 1 is 1.10 bits per heavy atom. The molecule has 0 radical (unpaired) electrons. The second-order valence-electron chi connectivity index (χ2n) is 13.8. The fourth-order valence-corrected chi connectivity index (χ4v) is 5.56. The number of benzene rings is 1. The Labute approximate surface area is 311 Å². The zero-order valence-electron chi connectivity index (χ0n) is 33.3. The number of fused-ring (bicyclic) bond motifs is 2. The number of piperazine rings is 1. The van der Waals surface area contributed by atoms with Gasteiger partial charge in [-0.25, -0.2) is 9.18 Å². The number of anilines is 1. The Hall–Kier alpha value is -4.51. The lowest BCUT2D eigenvalue weighted by atomic mass is 9.92. The first-order chi connectivity index (χ1) is 24.8. The molecule has 1 saturated heterocycles. The van der Waals surface area contributed by atoms with Crippen LogP contribution >= 0.6 is 0 Å². The number of hydrogen-bond donors (Lipinski definition) is 2. The second kappa shape index (κ2) is 21.1. The molecule has 10 nitrogen and oxygen atoms in total. The summed E-state index contributed by atoms with van der Waals surface area (Å²) in [6, 6.07) is 3.95. The molecule has 0 saturated carbocycles. The number of hydrogen-bond acceptors (Lipinski definition) is 6. The molecule has 2 aromatic rings. The number of aryl methyl sites for hydroxylation is 1. The van der Waals surface area contributed by atoms with Crippen molar-refractivity contribution in [3.63, 3.8) is 0 Å². The Morgan fingerprint density at radius 3 is 2.35 bits per heavy atom. The lowest BCUT2D eigenvalue weighted by Crippen LogP contribution is -2.52. The molecule has 3 amide bonds. The van der Waals surface area contributed by atoms with E-state index in [-0.39, 0.29) is 35.5 Å². The summed E-state index contributed by atoms with van der Waals surface area (Å²) in [5, 5.41) is 10.7. The van der Waals surface area contributed by atoms with Crippen LogP contribution in [0.5, 0.6) is 0 Å². The maximum atomic E-state index is 15.3. The van der Waals surface area contributed by atoms with Crippen LogP contribution in [0.1, 0.15) is 97.1 Å². The number of allylic oxidation sites excluding steroid dienone is 6. The molecular weight excluding hydrogens is 657 g/mol. The van der Waals surface area contributed by atoms with Crippen molar-refractivity contribution in [2.24, 2.45) is 12.5 Å². The van der Waals surface area contributed by atoms with E-state index in [1.54, 1.807) is 45.8 Å². The van der Waals surface area contributed by atoms with Crippen LogP contribution in [0.15, 0.2) is 71.6 Å². The summed E-state index contributed by atoms with van der Waals surface area (Å²) in [7, 11) is 1.86. The van der Waals surface area contributed by atoms with Gasteiger partial charge in [0, 0.05) is 62.2 Å². The minimum absolute atomic E-state index is 0.0548. The van der Waals surface area contributed by atoms with Gasteiger partial charge < -0.3 is 20.4 Å². The number of aromatic nitrogens is 2. The van der Waals surface area contributed by atoms with Crippen LogP contribution < -0.4 is 10.6 Å². The fraction of sp³-hybridized carbons (Fsp3) is 0.512. The summed E-state index contributed by atoms with van der Waals surface area (Å²) >= 11 is 0. The molecule has 5 rings (SSSR count). The zero-order valence-corrected chi connectivity index (χ0v) is 33.3. The molecule has 0 bridgehead atoms. The van der Waals surface area contributed by atoms with E-state index in [2.05, 4.69) is 41.4 Å². The monoisotopic (exact) mass is 719 g/mol. The van der Waals surface area contributed by atoms with E-state index < -0.39 is 5.82 Å². The van der Waals surface area contributed by atoms with Crippen molar-refractivity contribution in [3.8, 4) is 0 Å². The van der Waals surface area contributed by atoms with Crippen LogP contribution in [0.2, 0.25) is 0 Å². The van der Waals surface area contributed by atoms with Gasteiger partial charge in [0.15, 0.2) is 0 Å². The highest BCUT2D eigenvalue weighted by molar-refractivity contribution is 5.95. The van der Waals surface area contributed by atoms with Crippen LogP contribution in [-0.4, -0.2) is 81.5 Å². The lowest BCUT2D eigenvalue weighted by molar-refractivity contribution is -0.104. The molecule has 1 aromatic carbocycles. The van der Waals surface area contributed by atoms with Crippen LogP contribution in [0.4, 0.5) is 15.0 Å². The molecule has 1 aliphatic carbocycles. The van der Waals surface area contributed by atoms with Crippen molar-refractivity contribution < 1.29 is 18.8 Å². The Bertz CT molecular complexity index is 1610. The van der Waals surface area contributed by atoms with E-state index in [1.807, 2.05) is 72.9 Å². The van der Waals surface area contributed by atoms with Gasteiger partial charge in [-0.2, -0.15) is 5.10 Å². The number of amides is 3. The highest BCUT2D eigenvalue weighted by Gasteiger charge is 2.32. The summed E-state index contributed by atoms with van der Waals surface area (Å²) in [4.78, 5) is 42.2. The van der Waals surface area contributed by atoms with Crippen molar-refractivity contribution >= 4 is 24.0 Å². The third kappa shape index (κ3) is 12.6. The predicted octanol–water partition coefficient (Wildman–Crippen LogP) is 7.86. The Balaban J connectivity index is 0.000000839. The number of urea groups is 1. The largest absolute Gasteiger partial charge is 0.342 e. The van der Waals surface area contributed by atoms with Gasteiger partial charge in [-0.3, -0.25) is 19.2 Å².